The number of carbonyl (C=O) groups excluding carboxylic acids is 1. The van der Waals surface area contributed by atoms with Crippen molar-refractivity contribution in [3.8, 4) is 6.07 Å². The quantitative estimate of drug-likeness (QED) is 0.580. The van der Waals surface area contributed by atoms with Gasteiger partial charge in [0.15, 0.2) is 5.78 Å². The van der Waals surface area contributed by atoms with Gasteiger partial charge in [-0.3, -0.25) is 4.79 Å². The summed E-state index contributed by atoms with van der Waals surface area (Å²) in [6, 6.07) is 19.2. The van der Waals surface area contributed by atoms with Crippen LogP contribution in [-0.4, -0.2) is 5.78 Å². The highest BCUT2D eigenvalue weighted by Crippen LogP contribution is 2.13. The van der Waals surface area contributed by atoms with Gasteiger partial charge in [0.1, 0.15) is 0 Å². The maximum Gasteiger partial charge on any atom is 0.193 e. The first-order chi connectivity index (χ1) is 9.81. The van der Waals surface area contributed by atoms with Crippen LogP contribution in [0.4, 0.5) is 0 Å². The lowest BCUT2D eigenvalue weighted by atomic mass is 10.0. The van der Waals surface area contributed by atoms with E-state index in [0.29, 0.717) is 12.0 Å². The lowest BCUT2D eigenvalue weighted by Crippen LogP contribution is -2.00. The molecule has 2 aromatic rings. The minimum Gasteiger partial charge on any atom is -0.289 e. The molecule has 0 N–H and O–H groups in total. The second-order valence-corrected chi connectivity index (χ2v) is 4.76. The molecule has 100 valence electrons. The first-order valence-corrected chi connectivity index (χ1v) is 6.87. The second kappa shape index (κ2) is 7.25. The number of unbranched alkanes of at least 4 members (excludes halogenated alkanes) is 2. The lowest BCUT2D eigenvalue weighted by Gasteiger charge is -2.04. The SMILES string of the molecule is N#CCCCCc1ccc(C(=O)c2ccccc2)cc1. The number of aryl methyl sites for hydroxylation is 1. The molecule has 2 rings (SSSR count). The summed E-state index contributed by atoms with van der Waals surface area (Å²) < 4.78 is 0. The van der Waals surface area contributed by atoms with Gasteiger partial charge < -0.3 is 0 Å². The highest BCUT2D eigenvalue weighted by Gasteiger charge is 2.07. The van der Waals surface area contributed by atoms with Crippen molar-refractivity contribution in [2.75, 3.05) is 0 Å². The fraction of sp³-hybridized carbons (Fsp3) is 0.222. The smallest absolute Gasteiger partial charge is 0.193 e. The molecule has 0 radical (unpaired) electrons. The maximum atomic E-state index is 12.2. The summed E-state index contributed by atoms with van der Waals surface area (Å²) in [5.41, 5.74) is 2.65. The second-order valence-electron chi connectivity index (χ2n) is 4.76. The van der Waals surface area contributed by atoms with Gasteiger partial charge in [-0.05, 0) is 24.8 Å². The number of hydrogen-bond donors (Lipinski definition) is 0. The van der Waals surface area contributed by atoms with Crippen LogP contribution in [-0.2, 0) is 6.42 Å². The number of carbonyl (C=O) groups is 1. The summed E-state index contributed by atoms with van der Waals surface area (Å²) in [7, 11) is 0. The first-order valence-electron chi connectivity index (χ1n) is 6.87. The zero-order valence-electron chi connectivity index (χ0n) is 11.4. The highest BCUT2D eigenvalue weighted by molar-refractivity contribution is 6.08. The van der Waals surface area contributed by atoms with Gasteiger partial charge in [-0.25, -0.2) is 0 Å². The molecule has 0 bridgehead atoms. The first kappa shape index (κ1) is 14.0. The van der Waals surface area contributed by atoms with Crippen LogP contribution in [0.5, 0.6) is 0 Å². The van der Waals surface area contributed by atoms with Gasteiger partial charge in [0.2, 0.25) is 0 Å². The minimum absolute atomic E-state index is 0.0571. The van der Waals surface area contributed by atoms with E-state index in [9.17, 15) is 4.79 Å². The van der Waals surface area contributed by atoms with Crippen molar-refractivity contribution in [1.29, 1.82) is 5.26 Å². The molecule has 0 amide bonds. The van der Waals surface area contributed by atoms with E-state index < -0.39 is 0 Å². The molecular formula is C18H17NO. The predicted molar refractivity (Wildman–Crippen MR) is 79.5 cm³/mol. The molecule has 0 heterocycles. The monoisotopic (exact) mass is 263 g/mol. The van der Waals surface area contributed by atoms with Gasteiger partial charge in [-0.2, -0.15) is 5.26 Å². The van der Waals surface area contributed by atoms with E-state index in [0.717, 1.165) is 24.8 Å². The van der Waals surface area contributed by atoms with Crippen molar-refractivity contribution in [3.63, 3.8) is 0 Å². The van der Waals surface area contributed by atoms with Crippen LogP contribution in [0.2, 0.25) is 0 Å². The number of rotatable bonds is 6. The molecular weight excluding hydrogens is 246 g/mol. The minimum atomic E-state index is 0.0571. The van der Waals surface area contributed by atoms with Crippen molar-refractivity contribution in [1.82, 2.24) is 0 Å². The van der Waals surface area contributed by atoms with Crippen LogP contribution >= 0.6 is 0 Å². The van der Waals surface area contributed by atoms with Crippen molar-refractivity contribution < 1.29 is 4.79 Å². The standard InChI is InChI=1S/C18H17NO/c19-14-6-2-3-7-15-10-12-17(13-11-15)18(20)16-8-4-1-5-9-16/h1,4-5,8-13H,2-3,6-7H2. The van der Waals surface area contributed by atoms with Crippen molar-refractivity contribution >= 4 is 5.78 Å². The molecule has 0 atom stereocenters. The topological polar surface area (TPSA) is 40.9 Å². The molecule has 2 heteroatoms. The zero-order chi connectivity index (χ0) is 14.2. The summed E-state index contributed by atoms with van der Waals surface area (Å²) in [6.45, 7) is 0. The largest absolute Gasteiger partial charge is 0.289 e. The highest BCUT2D eigenvalue weighted by atomic mass is 16.1. The Bertz CT molecular complexity index is 594. The van der Waals surface area contributed by atoms with Gasteiger partial charge in [0.05, 0.1) is 6.07 Å². The van der Waals surface area contributed by atoms with E-state index in [4.69, 9.17) is 5.26 Å². The van der Waals surface area contributed by atoms with Crippen LogP contribution in [0, 0.1) is 11.3 Å². The average Bonchev–Trinajstić information content (AvgIpc) is 2.52. The Balaban J connectivity index is 1.98. The molecule has 0 aliphatic carbocycles. The fourth-order valence-corrected chi connectivity index (χ4v) is 2.11. The van der Waals surface area contributed by atoms with Crippen LogP contribution in [0.3, 0.4) is 0 Å². The number of ketones is 1. The number of nitrogens with zero attached hydrogens (tertiary/aromatic N) is 1. The van der Waals surface area contributed by atoms with E-state index >= 15 is 0 Å². The van der Waals surface area contributed by atoms with Crippen molar-refractivity contribution in [2.45, 2.75) is 25.7 Å². The summed E-state index contributed by atoms with van der Waals surface area (Å²) in [4.78, 5) is 12.2. The Labute approximate surface area is 119 Å². The molecule has 0 fully saturated rings. The molecule has 0 spiro atoms. The summed E-state index contributed by atoms with van der Waals surface area (Å²) in [5.74, 6) is 0.0571. The Morgan fingerprint density at radius 2 is 1.55 bits per heavy atom. The summed E-state index contributed by atoms with van der Waals surface area (Å²) in [5, 5.41) is 8.48. The third-order valence-electron chi connectivity index (χ3n) is 3.26. The van der Waals surface area contributed by atoms with Gasteiger partial charge in [-0.15, -0.1) is 0 Å². The van der Waals surface area contributed by atoms with Gasteiger partial charge in [0.25, 0.3) is 0 Å². The average molecular weight is 263 g/mol. The summed E-state index contributed by atoms with van der Waals surface area (Å²) >= 11 is 0. The maximum absolute atomic E-state index is 12.2. The lowest BCUT2D eigenvalue weighted by molar-refractivity contribution is 0.103. The molecule has 0 aliphatic rings. The van der Waals surface area contributed by atoms with E-state index in [2.05, 4.69) is 6.07 Å². The molecule has 20 heavy (non-hydrogen) atoms. The Morgan fingerprint density at radius 1 is 0.900 bits per heavy atom. The zero-order valence-corrected chi connectivity index (χ0v) is 11.4. The van der Waals surface area contributed by atoms with E-state index in [1.165, 1.54) is 5.56 Å². The van der Waals surface area contributed by atoms with E-state index in [-0.39, 0.29) is 5.78 Å². The number of hydrogen-bond acceptors (Lipinski definition) is 2. The normalized spacial score (nSPS) is 9.95. The van der Waals surface area contributed by atoms with Crippen molar-refractivity contribution in [2.24, 2.45) is 0 Å². The molecule has 2 aromatic carbocycles. The third kappa shape index (κ3) is 3.80. The number of nitriles is 1. The van der Waals surface area contributed by atoms with Crippen LogP contribution in [0.25, 0.3) is 0 Å². The molecule has 0 unspecified atom stereocenters. The molecule has 0 saturated carbocycles. The van der Waals surface area contributed by atoms with Crippen LogP contribution < -0.4 is 0 Å². The van der Waals surface area contributed by atoms with Crippen molar-refractivity contribution in [3.05, 3.63) is 71.3 Å². The predicted octanol–water partition coefficient (Wildman–Crippen LogP) is 4.15. The molecule has 2 nitrogen and oxygen atoms in total. The fourth-order valence-electron chi connectivity index (χ4n) is 2.11. The number of benzene rings is 2. The van der Waals surface area contributed by atoms with Gasteiger partial charge in [0, 0.05) is 17.5 Å². The Morgan fingerprint density at radius 3 is 2.20 bits per heavy atom. The molecule has 0 aliphatic heterocycles. The van der Waals surface area contributed by atoms with Gasteiger partial charge >= 0.3 is 0 Å². The van der Waals surface area contributed by atoms with E-state index in [1.807, 2.05) is 54.6 Å². The Hall–Kier alpha value is -2.40. The van der Waals surface area contributed by atoms with Gasteiger partial charge in [-0.1, -0.05) is 54.6 Å². The van der Waals surface area contributed by atoms with E-state index in [1.54, 1.807) is 0 Å². The third-order valence-corrected chi connectivity index (χ3v) is 3.26. The van der Waals surface area contributed by atoms with Crippen LogP contribution in [0.15, 0.2) is 54.6 Å². The molecule has 0 aromatic heterocycles. The molecule has 0 saturated heterocycles. The summed E-state index contributed by atoms with van der Waals surface area (Å²) in [6.07, 6.45) is 3.52. The van der Waals surface area contributed by atoms with Crippen LogP contribution in [0.1, 0.15) is 40.7 Å². The Kier molecular flexibility index (Phi) is 5.08.